The van der Waals surface area contributed by atoms with Crippen molar-refractivity contribution < 1.29 is 0 Å². The summed E-state index contributed by atoms with van der Waals surface area (Å²) in [5, 5.41) is 7.69. The van der Waals surface area contributed by atoms with E-state index in [4.69, 9.17) is 0 Å². The molecule has 0 aliphatic carbocycles. The van der Waals surface area contributed by atoms with Gasteiger partial charge in [0.2, 0.25) is 0 Å². The van der Waals surface area contributed by atoms with E-state index in [1.54, 1.807) is 0 Å². The fourth-order valence-corrected chi connectivity index (χ4v) is 5.18. The second-order valence-corrected chi connectivity index (χ2v) is 8.15. The molecule has 1 heteroatoms. The minimum Gasteiger partial charge on any atom is -0.308 e. The lowest BCUT2D eigenvalue weighted by Gasteiger charge is -2.13. The zero-order valence-corrected chi connectivity index (χ0v) is 18.0. The Morgan fingerprint density at radius 1 is 0.625 bits per heavy atom. The lowest BCUT2D eigenvalue weighted by Crippen LogP contribution is -1.97. The van der Waals surface area contributed by atoms with Crippen molar-refractivity contribution >= 4 is 55.5 Å². The van der Waals surface area contributed by atoms with Crippen LogP contribution in [0, 0.1) is 0 Å². The number of hydrogen-bond acceptors (Lipinski definition) is 0. The van der Waals surface area contributed by atoms with Gasteiger partial charge >= 0.3 is 0 Å². The van der Waals surface area contributed by atoms with Crippen LogP contribution in [-0.2, 0) is 0 Å². The van der Waals surface area contributed by atoms with Crippen molar-refractivity contribution in [1.29, 1.82) is 0 Å². The first-order valence-corrected chi connectivity index (χ1v) is 11.0. The molecule has 0 atom stereocenters. The Kier molecular flexibility index (Phi) is 4.22. The molecule has 0 unspecified atom stereocenters. The maximum Gasteiger partial charge on any atom is 0.0626 e. The van der Waals surface area contributed by atoms with Crippen molar-refractivity contribution in [3.8, 4) is 5.69 Å². The first-order chi connectivity index (χ1) is 15.8. The average molecular weight is 410 g/mol. The molecule has 0 fully saturated rings. The van der Waals surface area contributed by atoms with Crippen LogP contribution in [0.3, 0.4) is 0 Å². The van der Waals surface area contributed by atoms with Crippen molar-refractivity contribution in [2.24, 2.45) is 0 Å². The smallest absolute Gasteiger partial charge is 0.0626 e. The molecule has 0 amide bonds. The molecule has 152 valence electrons. The second kappa shape index (κ2) is 7.25. The summed E-state index contributed by atoms with van der Waals surface area (Å²) >= 11 is 0. The maximum absolute atomic E-state index is 4.21. The Morgan fingerprint density at radius 3 is 1.94 bits per heavy atom. The summed E-state index contributed by atoms with van der Waals surface area (Å²) in [4.78, 5) is 0. The summed E-state index contributed by atoms with van der Waals surface area (Å²) in [7, 11) is 0. The van der Waals surface area contributed by atoms with E-state index in [2.05, 4.69) is 121 Å². The van der Waals surface area contributed by atoms with Crippen molar-refractivity contribution in [3.05, 3.63) is 115 Å². The van der Waals surface area contributed by atoms with E-state index in [-0.39, 0.29) is 0 Å². The molecule has 32 heavy (non-hydrogen) atoms. The molecule has 0 spiro atoms. The average Bonchev–Trinajstić information content (AvgIpc) is 3.20. The second-order valence-electron chi connectivity index (χ2n) is 8.15. The van der Waals surface area contributed by atoms with Crippen molar-refractivity contribution in [2.45, 2.75) is 6.92 Å². The van der Waals surface area contributed by atoms with Crippen LogP contribution >= 0.6 is 0 Å². The summed E-state index contributed by atoms with van der Waals surface area (Å²) in [6.07, 6.45) is 6.26. The van der Waals surface area contributed by atoms with Gasteiger partial charge in [0.1, 0.15) is 0 Å². The molecule has 0 saturated carbocycles. The lowest BCUT2D eigenvalue weighted by molar-refractivity contribution is 1.18. The van der Waals surface area contributed by atoms with Gasteiger partial charge in [-0.05, 0) is 40.8 Å². The normalized spacial score (nSPS) is 11.9. The van der Waals surface area contributed by atoms with Gasteiger partial charge in [-0.3, -0.25) is 0 Å². The van der Waals surface area contributed by atoms with E-state index in [0.717, 1.165) is 11.3 Å². The van der Waals surface area contributed by atoms with Crippen LogP contribution in [0.15, 0.2) is 104 Å². The number of fused-ring (bicyclic) bond motifs is 8. The highest BCUT2D eigenvalue weighted by atomic mass is 15.0. The predicted octanol–water partition coefficient (Wildman–Crippen LogP) is 8.77. The van der Waals surface area contributed by atoms with Crippen LogP contribution in [0.4, 0.5) is 0 Å². The molecule has 1 heterocycles. The third-order valence-corrected chi connectivity index (χ3v) is 6.44. The monoisotopic (exact) mass is 409 g/mol. The van der Waals surface area contributed by atoms with Gasteiger partial charge in [0.15, 0.2) is 0 Å². The van der Waals surface area contributed by atoms with Crippen LogP contribution in [0.1, 0.15) is 18.1 Å². The zero-order chi connectivity index (χ0) is 21.7. The summed E-state index contributed by atoms with van der Waals surface area (Å²) in [5.41, 5.74) is 5.96. The summed E-state index contributed by atoms with van der Waals surface area (Å²) in [6, 6.07) is 32.7. The van der Waals surface area contributed by atoms with E-state index in [9.17, 15) is 0 Å². The highest BCUT2D eigenvalue weighted by molar-refractivity contribution is 6.32. The maximum atomic E-state index is 4.21. The standard InChI is InChI=1S/C31H23N/c1-3-12-21-19-20-28-29-26-17-10-8-15-24(26)25-16-9-11-18-27(25)31(29)32(30(28)23(21)4-2)22-13-6-5-7-14-22/h3-20H,2H2,1H3/b12-3-. The molecular weight excluding hydrogens is 386 g/mol. The first kappa shape index (κ1) is 18.7. The number of para-hydroxylation sites is 1. The van der Waals surface area contributed by atoms with Crippen LogP contribution in [-0.4, -0.2) is 4.57 Å². The molecule has 0 N–H and O–H groups in total. The van der Waals surface area contributed by atoms with Crippen LogP contribution in [0.25, 0.3) is 61.2 Å². The van der Waals surface area contributed by atoms with Crippen molar-refractivity contribution in [2.75, 3.05) is 0 Å². The largest absolute Gasteiger partial charge is 0.308 e. The quantitative estimate of drug-likeness (QED) is 0.257. The summed E-state index contributed by atoms with van der Waals surface area (Å²) < 4.78 is 2.43. The van der Waals surface area contributed by atoms with E-state index < -0.39 is 0 Å². The molecule has 0 saturated heterocycles. The number of aromatic nitrogens is 1. The van der Waals surface area contributed by atoms with E-state index in [1.807, 2.05) is 6.08 Å². The Balaban J connectivity index is 2.01. The molecule has 5 aromatic carbocycles. The van der Waals surface area contributed by atoms with Crippen molar-refractivity contribution in [3.63, 3.8) is 0 Å². The topological polar surface area (TPSA) is 4.93 Å². The van der Waals surface area contributed by atoms with E-state index >= 15 is 0 Å². The van der Waals surface area contributed by atoms with Gasteiger partial charge in [0.25, 0.3) is 0 Å². The van der Waals surface area contributed by atoms with Crippen molar-refractivity contribution in [1.82, 2.24) is 4.57 Å². The van der Waals surface area contributed by atoms with Gasteiger partial charge in [-0.15, -0.1) is 0 Å². The lowest BCUT2D eigenvalue weighted by atomic mass is 9.96. The Labute approximate surface area is 187 Å². The molecule has 0 radical (unpaired) electrons. The Hall–Kier alpha value is -4.10. The summed E-state index contributed by atoms with van der Waals surface area (Å²) in [6.45, 7) is 6.27. The number of nitrogens with zero attached hydrogens (tertiary/aromatic N) is 1. The highest BCUT2D eigenvalue weighted by Gasteiger charge is 2.20. The van der Waals surface area contributed by atoms with Gasteiger partial charge in [0, 0.05) is 27.4 Å². The minimum absolute atomic E-state index is 1.16. The third-order valence-electron chi connectivity index (χ3n) is 6.44. The van der Waals surface area contributed by atoms with Crippen LogP contribution in [0.5, 0.6) is 0 Å². The van der Waals surface area contributed by atoms with Gasteiger partial charge in [-0.1, -0.05) is 104 Å². The minimum atomic E-state index is 1.16. The highest BCUT2D eigenvalue weighted by Crippen LogP contribution is 2.43. The molecule has 6 aromatic rings. The zero-order valence-electron chi connectivity index (χ0n) is 18.0. The van der Waals surface area contributed by atoms with Crippen LogP contribution < -0.4 is 0 Å². The summed E-state index contributed by atoms with van der Waals surface area (Å²) in [5.74, 6) is 0. The van der Waals surface area contributed by atoms with Crippen LogP contribution in [0.2, 0.25) is 0 Å². The molecule has 6 rings (SSSR count). The SMILES string of the molecule is C=Cc1c(/C=C\C)ccc2c3c4ccccc4c4ccccc4c3n(-c3ccccc3)c12. The molecule has 1 nitrogen and oxygen atoms in total. The predicted molar refractivity (Wildman–Crippen MR) is 141 cm³/mol. The number of rotatable bonds is 3. The van der Waals surface area contributed by atoms with Gasteiger partial charge in [-0.2, -0.15) is 0 Å². The molecule has 0 bridgehead atoms. The molecule has 0 aliphatic heterocycles. The molecule has 1 aromatic heterocycles. The van der Waals surface area contributed by atoms with Gasteiger partial charge in [-0.25, -0.2) is 0 Å². The van der Waals surface area contributed by atoms with E-state index in [0.29, 0.717) is 0 Å². The number of benzene rings is 5. The number of allylic oxidation sites excluding steroid dienone is 1. The Morgan fingerprint density at radius 2 is 1.25 bits per heavy atom. The fourth-order valence-electron chi connectivity index (χ4n) is 5.18. The van der Waals surface area contributed by atoms with Gasteiger partial charge in [0.05, 0.1) is 11.0 Å². The Bertz CT molecular complexity index is 1680. The number of hydrogen-bond donors (Lipinski definition) is 0. The first-order valence-electron chi connectivity index (χ1n) is 11.0. The van der Waals surface area contributed by atoms with Gasteiger partial charge < -0.3 is 4.57 Å². The fraction of sp³-hybridized carbons (Fsp3) is 0.0323. The van der Waals surface area contributed by atoms with E-state index in [1.165, 1.54) is 48.9 Å². The molecular formula is C31H23N. The molecule has 0 aliphatic rings. The third kappa shape index (κ3) is 2.52.